The summed E-state index contributed by atoms with van der Waals surface area (Å²) in [4.78, 5) is 46.9. The summed E-state index contributed by atoms with van der Waals surface area (Å²) in [6.45, 7) is 1.93. The van der Waals surface area contributed by atoms with Crippen LogP contribution in [0.5, 0.6) is 5.75 Å². The molecule has 1 N–H and O–H groups in total. The third-order valence-corrected chi connectivity index (χ3v) is 7.47. The lowest BCUT2D eigenvalue weighted by Gasteiger charge is -2.28. The van der Waals surface area contributed by atoms with Gasteiger partial charge in [0.25, 0.3) is 5.91 Å². The molecular weight excluding hydrogens is 547 g/mol. The Morgan fingerprint density at radius 2 is 1.71 bits per heavy atom. The number of alkyl halides is 3. The number of hydrogen-bond acceptors (Lipinski definition) is 5. The molecule has 42 heavy (non-hydrogen) atoms. The van der Waals surface area contributed by atoms with Crippen molar-refractivity contribution in [1.82, 2.24) is 5.32 Å². The number of aliphatic imine (C=N–C) groups is 1. The van der Waals surface area contributed by atoms with Crippen LogP contribution in [0.25, 0.3) is 0 Å². The first kappa shape index (κ1) is 29.0. The summed E-state index contributed by atoms with van der Waals surface area (Å²) in [5.41, 5.74) is 2.69. The van der Waals surface area contributed by atoms with Gasteiger partial charge in [0.15, 0.2) is 0 Å². The molecule has 218 valence electrons. The van der Waals surface area contributed by atoms with E-state index in [2.05, 4.69) is 5.32 Å². The lowest BCUT2D eigenvalue weighted by Crippen LogP contribution is -2.50. The zero-order valence-corrected chi connectivity index (χ0v) is 22.9. The van der Waals surface area contributed by atoms with Crippen LogP contribution in [0.3, 0.4) is 0 Å². The number of ether oxygens (including phenoxy) is 1. The maximum absolute atomic E-state index is 14.0. The van der Waals surface area contributed by atoms with Gasteiger partial charge in [0.05, 0.1) is 29.8 Å². The van der Waals surface area contributed by atoms with Gasteiger partial charge in [0.2, 0.25) is 12.1 Å². The number of benzene rings is 3. The highest BCUT2D eigenvalue weighted by molar-refractivity contribution is 6.21. The highest BCUT2D eigenvalue weighted by Crippen LogP contribution is 2.39. The average Bonchev–Trinajstić information content (AvgIpc) is 3.25. The SMILES string of the molecule is CC(=O)[C@@H](c1ccccc1)[C@@H](CCC(F)(F)F)C(=O)N[C@H]1N=C(c2ccccc2)c2cccc3c2N(CCCO3)C1=O. The number of carbonyl (C=O) groups excluding carboxylic acids is 3. The fourth-order valence-electron chi connectivity index (χ4n) is 5.59. The predicted molar refractivity (Wildman–Crippen MR) is 152 cm³/mol. The Kier molecular flexibility index (Phi) is 8.42. The number of hydrogen-bond donors (Lipinski definition) is 1. The van der Waals surface area contributed by atoms with E-state index in [4.69, 9.17) is 9.73 Å². The maximum Gasteiger partial charge on any atom is 0.389 e. The van der Waals surface area contributed by atoms with Crippen molar-refractivity contribution in [3.8, 4) is 5.75 Å². The number of rotatable bonds is 8. The molecule has 0 aliphatic carbocycles. The second kappa shape index (κ2) is 12.2. The molecular formula is C32H30F3N3O4. The Morgan fingerprint density at radius 1 is 1.02 bits per heavy atom. The van der Waals surface area contributed by atoms with E-state index in [0.717, 1.165) is 0 Å². The molecule has 2 aliphatic rings. The molecule has 0 unspecified atom stereocenters. The van der Waals surface area contributed by atoms with Crippen LogP contribution in [0, 0.1) is 5.92 Å². The molecule has 5 rings (SSSR count). The van der Waals surface area contributed by atoms with E-state index in [-0.39, 0.29) is 0 Å². The summed E-state index contributed by atoms with van der Waals surface area (Å²) >= 11 is 0. The standard InChI is InChI=1S/C32H30F3N3O4/c1-20(39)26(21-10-4-2-5-11-21)23(16-17-32(33,34)35)30(40)37-29-31(41)38-18-9-19-42-25-15-8-14-24(28(25)38)27(36-29)22-12-6-3-7-13-22/h2-8,10-15,23,26,29H,9,16-19H2,1H3,(H,37,40)/t23-,26+,29-/m1/s1. The molecule has 3 aromatic rings. The van der Waals surface area contributed by atoms with Crippen molar-refractivity contribution >= 4 is 29.0 Å². The first-order chi connectivity index (χ1) is 20.1. The Balaban J connectivity index is 1.57. The van der Waals surface area contributed by atoms with Gasteiger partial charge in [0, 0.05) is 24.1 Å². The molecule has 0 radical (unpaired) electrons. The molecule has 2 heterocycles. The number of amides is 2. The highest BCUT2D eigenvalue weighted by atomic mass is 19.4. The van der Waals surface area contributed by atoms with Crippen molar-refractivity contribution in [3.63, 3.8) is 0 Å². The van der Waals surface area contributed by atoms with Crippen LogP contribution in [-0.4, -0.2) is 48.8 Å². The Hall–Kier alpha value is -4.47. The van der Waals surface area contributed by atoms with E-state index >= 15 is 0 Å². The van der Waals surface area contributed by atoms with Gasteiger partial charge in [-0.3, -0.25) is 14.4 Å². The molecule has 0 spiro atoms. The molecule has 2 aliphatic heterocycles. The van der Waals surface area contributed by atoms with Crippen molar-refractivity contribution in [1.29, 1.82) is 0 Å². The number of ketones is 1. The van der Waals surface area contributed by atoms with E-state index in [1.807, 2.05) is 36.4 Å². The number of para-hydroxylation sites is 1. The van der Waals surface area contributed by atoms with Gasteiger partial charge in [-0.15, -0.1) is 0 Å². The van der Waals surface area contributed by atoms with Gasteiger partial charge in [-0.05, 0) is 31.4 Å². The van der Waals surface area contributed by atoms with Crippen LogP contribution in [0.15, 0.2) is 83.9 Å². The van der Waals surface area contributed by atoms with Crippen LogP contribution in [0.1, 0.15) is 48.8 Å². The Bertz CT molecular complexity index is 1490. The summed E-state index contributed by atoms with van der Waals surface area (Å²) < 4.78 is 46.1. The van der Waals surface area contributed by atoms with E-state index in [0.29, 0.717) is 53.4 Å². The largest absolute Gasteiger partial charge is 0.491 e. The predicted octanol–water partition coefficient (Wildman–Crippen LogP) is 5.43. The van der Waals surface area contributed by atoms with E-state index < -0.39 is 54.6 Å². The van der Waals surface area contributed by atoms with Gasteiger partial charge >= 0.3 is 6.18 Å². The molecule has 0 fully saturated rings. The summed E-state index contributed by atoms with van der Waals surface area (Å²) in [7, 11) is 0. The summed E-state index contributed by atoms with van der Waals surface area (Å²) in [5, 5.41) is 2.63. The third-order valence-electron chi connectivity index (χ3n) is 7.47. The average molecular weight is 578 g/mol. The van der Waals surface area contributed by atoms with Crippen molar-refractivity contribution in [3.05, 3.63) is 95.6 Å². The van der Waals surface area contributed by atoms with Crippen molar-refractivity contribution < 1.29 is 32.3 Å². The molecule has 2 amide bonds. The number of nitrogens with zero attached hydrogens (tertiary/aromatic N) is 2. The molecule has 10 heteroatoms. The van der Waals surface area contributed by atoms with E-state index in [1.165, 1.54) is 11.8 Å². The fourth-order valence-corrected chi connectivity index (χ4v) is 5.59. The molecule has 0 bridgehead atoms. The summed E-state index contributed by atoms with van der Waals surface area (Å²) in [6.07, 6.45) is -7.36. The van der Waals surface area contributed by atoms with Crippen molar-refractivity contribution in [2.75, 3.05) is 18.1 Å². The number of carbonyl (C=O) groups is 3. The lowest BCUT2D eigenvalue weighted by atomic mass is 9.80. The van der Waals surface area contributed by atoms with Gasteiger partial charge in [0.1, 0.15) is 11.5 Å². The topological polar surface area (TPSA) is 88.1 Å². The Morgan fingerprint density at radius 3 is 2.38 bits per heavy atom. The zero-order chi connectivity index (χ0) is 29.9. The maximum atomic E-state index is 14.0. The summed E-state index contributed by atoms with van der Waals surface area (Å²) in [5.74, 6) is -3.87. The number of Topliss-reactive ketones (excluding diaryl/α,β-unsaturated/α-hetero) is 1. The van der Waals surface area contributed by atoms with Gasteiger partial charge in [-0.2, -0.15) is 13.2 Å². The first-order valence-electron chi connectivity index (χ1n) is 13.8. The van der Waals surface area contributed by atoms with Crippen molar-refractivity contribution in [2.24, 2.45) is 10.9 Å². The second-order valence-corrected chi connectivity index (χ2v) is 10.4. The van der Waals surface area contributed by atoms with Crippen molar-refractivity contribution in [2.45, 2.75) is 44.4 Å². The van der Waals surface area contributed by atoms with Gasteiger partial charge < -0.3 is 15.0 Å². The van der Waals surface area contributed by atoms with Crippen LogP contribution >= 0.6 is 0 Å². The van der Waals surface area contributed by atoms with Crippen LogP contribution in [-0.2, 0) is 14.4 Å². The third kappa shape index (κ3) is 6.22. The monoisotopic (exact) mass is 577 g/mol. The smallest absolute Gasteiger partial charge is 0.389 e. The summed E-state index contributed by atoms with van der Waals surface area (Å²) in [6, 6.07) is 22.7. The normalized spacial score (nSPS) is 18.0. The number of nitrogens with one attached hydrogen (secondary N) is 1. The van der Waals surface area contributed by atoms with Gasteiger partial charge in [-0.1, -0.05) is 72.8 Å². The molecule has 3 aromatic carbocycles. The highest BCUT2D eigenvalue weighted by Gasteiger charge is 2.41. The minimum atomic E-state index is -4.54. The molecule has 3 atom stereocenters. The molecule has 7 nitrogen and oxygen atoms in total. The van der Waals surface area contributed by atoms with Crippen LogP contribution in [0.4, 0.5) is 18.9 Å². The molecule has 0 saturated heterocycles. The minimum Gasteiger partial charge on any atom is -0.491 e. The van der Waals surface area contributed by atoms with Crippen LogP contribution in [0.2, 0.25) is 0 Å². The van der Waals surface area contributed by atoms with Gasteiger partial charge in [-0.25, -0.2) is 4.99 Å². The molecule has 0 saturated carbocycles. The molecule has 0 aromatic heterocycles. The second-order valence-electron chi connectivity index (χ2n) is 10.4. The number of anilines is 1. The fraction of sp³-hybridized carbons (Fsp3) is 0.312. The minimum absolute atomic E-state index is 0.296. The zero-order valence-electron chi connectivity index (χ0n) is 22.9. The first-order valence-corrected chi connectivity index (χ1v) is 13.8. The van der Waals surface area contributed by atoms with Crippen LogP contribution < -0.4 is 15.0 Å². The van der Waals surface area contributed by atoms with E-state index in [1.54, 1.807) is 42.5 Å². The van der Waals surface area contributed by atoms with E-state index in [9.17, 15) is 27.6 Å². The lowest BCUT2D eigenvalue weighted by molar-refractivity contribution is -0.144. The number of halogens is 3. The quantitative estimate of drug-likeness (QED) is 0.387. The Labute approximate surface area is 241 Å².